The van der Waals surface area contributed by atoms with Gasteiger partial charge in [0.1, 0.15) is 6.07 Å². The van der Waals surface area contributed by atoms with E-state index >= 15 is 0 Å². The fraction of sp³-hybridized carbons (Fsp3) is 0.235. The van der Waals surface area contributed by atoms with Crippen molar-refractivity contribution in [2.75, 3.05) is 17.7 Å². The van der Waals surface area contributed by atoms with E-state index in [0.29, 0.717) is 28.9 Å². The van der Waals surface area contributed by atoms with Gasteiger partial charge in [-0.15, -0.1) is 11.6 Å². The lowest BCUT2D eigenvalue weighted by Gasteiger charge is -2.18. The van der Waals surface area contributed by atoms with Crippen molar-refractivity contribution in [2.45, 2.75) is 12.3 Å². The van der Waals surface area contributed by atoms with E-state index < -0.39 is 0 Å². The van der Waals surface area contributed by atoms with Crippen LogP contribution >= 0.6 is 23.2 Å². The summed E-state index contributed by atoms with van der Waals surface area (Å²) in [6.07, 6.45) is 0.876. The Morgan fingerprint density at radius 3 is 2.57 bits per heavy atom. The quantitative estimate of drug-likeness (QED) is 0.758. The van der Waals surface area contributed by atoms with E-state index in [2.05, 4.69) is 23.5 Å². The van der Waals surface area contributed by atoms with Crippen LogP contribution in [0.1, 0.15) is 23.5 Å². The van der Waals surface area contributed by atoms with Crippen molar-refractivity contribution in [3.05, 3.63) is 64.7 Å². The van der Waals surface area contributed by atoms with E-state index in [1.165, 1.54) is 5.56 Å². The predicted octanol–water partition coefficient (Wildman–Crippen LogP) is 5.04. The molecule has 0 radical (unpaired) electrons. The van der Waals surface area contributed by atoms with Crippen LogP contribution in [-0.2, 0) is 0 Å². The SMILES string of the molecule is N#Cc1ccc(Cl)cc1NCC(CCCl)c1ccccc1. The Bertz CT molecular complexity index is 620. The molecule has 0 amide bonds. The lowest BCUT2D eigenvalue weighted by Crippen LogP contribution is -2.14. The van der Waals surface area contributed by atoms with Crippen LogP contribution in [0.15, 0.2) is 48.5 Å². The van der Waals surface area contributed by atoms with Gasteiger partial charge in [0.15, 0.2) is 0 Å². The van der Waals surface area contributed by atoms with Crippen LogP contribution in [-0.4, -0.2) is 12.4 Å². The molecule has 21 heavy (non-hydrogen) atoms. The summed E-state index contributed by atoms with van der Waals surface area (Å²) in [7, 11) is 0. The molecule has 0 saturated carbocycles. The maximum absolute atomic E-state index is 9.14. The molecule has 1 unspecified atom stereocenters. The topological polar surface area (TPSA) is 35.8 Å². The fourth-order valence-electron chi connectivity index (χ4n) is 2.24. The molecule has 0 spiro atoms. The fourth-order valence-corrected chi connectivity index (χ4v) is 2.67. The van der Waals surface area contributed by atoms with E-state index in [4.69, 9.17) is 28.5 Å². The summed E-state index contributed by atoms with van der Waals surface area (Å²) in [6.45, 7) is 0.714. The van der Waals surface area contributed by atoms with Gasteiger partial charge in [-0.3, -0.25) is 0 Å². The molecule has 0 saturated heterocycles. The Morgan fingerprint density at radius 1 is 1.14 bits per heavy atom. The standard InChI is InChI=1S/C17H16Cl2N2/c18-9-8-15(13-4-2-1-3-5-13)12-21-17-10-16(19)7-6-14(17)11-20/h1-7,10,15,21H,8-9,12H2. The van der Waals surface area contributed by atoms with Crippen LogP contribution in [0.3, 0.4) is 0 Å². The first-order valence-corrected chi connectivity index (χ1v) is 7.70. The molecule has 2 rings (SSSR count). The molecule has 4 heteroatoms. The zero-order valence-electron chi connectivity index (χ0n) is 11.5. The summed E-state index contributed by atoms with van der Waals surface area (Å²) in [5.41, 5.74) is 2.60. The van der Waals surface area contributed by atoms with E-state index in [1.54, 1.807) is 18.2 Å². The number of hydrogen-bond donors (Lipinski definition) is 1. The first-order valence-electron chi connectivity index (χ1n) is 6.79. The zero-order chi connectivity index (χ0) is 15.1. The summed E-state index contributed by atoms with van der Waals surface area (Å²) in [5.74, 6) is 0.899. The first kappa shape index (κ1) is 15.7. The van der Waals surface area contributed by atoms with Crippen LogP contribution in [0.2, 0.25) is 5.02 Å². The van der Waals surface area contributed by atoms with Gasteiger partial charge in [-0.25, -0.2) is 0 Å². The van der Waals surface area contributed by atoms with Crippen molar-refractivity contribution in [1.29, 1.82) is 5.26 Å². The average molecular weight is 319 g/mol. The summed E-state index contributed by atoms with van der Waals surface area (Å²) in [6, 6.07) is 17.6. The normalized spacial score (nSPS) is 11.7. The van der Waals surface area contributed by atoms with Crippen LogP contribution in [0.4, 0.5) is 5.69 Å². The zero-order valence-corrected chi connectivity index (χ0v) is 13.0. The molecular weight excluding hydrogens is 303 g/mol. The lowest BCUT2D eigenvalue weighted by atomic mass is 9.96. The lowest BCUT2D eigenvalue weighted by molar-refractivity contribution is 0.699. The second kappa shape index (κ2) is 7.93. The molecular formula is C17H16Cl2N2. The Hall–Kier alpha value is -1.69. The van der Waals surface area contributed by atoms with Gasteiger partial charge in [0.2, 0.25) is 0 Å². The summed E-state index contributed by atoms with van der Waals surface area (Å²) in [4.78, 5) is 0. The highest BCUT2D eigenvalue weighted by Crippen LogP contribution is 2.24. The van der Waals surface area contributed by atoms with E-state index in [0.717, 1.165) is 12.1 Å². The average Bonchev–Trinajstić information content (AvgIpc) is 2.52. The first-order chi connectivity index (χ1) is 10.2. The van der Waals surface area contributed by atoms with Crippen molar-refractivity contribution in [3.63, 3.8) is 0 Å². The number of nitriles is 1. The minimum atomic E-state index is 0.300. The monoisotopic (exact) mass is 318 g/mol. The van der Waals surface area contributed by atoms with E-state index in [9.17, 15) is 0 Å². The van der Waals surface area contributed by atoms with Crippen LogP contribution < -0.4 is 5.32 Å². The number of anilines is 1. The van der Waals surface area contributed by atoms with Gasteiger partial charge in [-0.05, 0) is 30.2 Å². The number of nitrogens with one attached hydrogen (secondary N) is 1. The number of benzene rings is 2. The number of hydrogen-bond acceptors (Lipinski definition) is 2. The molecule has 2 aromatic rings. The molecule has 1 atom stereocenters. The Morgan fingerprint density at radius 2 is 1.90 bits per heavy atom. The second-order valence-corrected chi connectivity index (χ2v) is 5.58. The largest absolute Gasteiger partial charge is 0.383 e. The highest BCUT2D eigenvalue weighted by molar-refractivity contribution is 6.30. The van der Waals surface area contributed by atoms with Crippen molar-refractivity contribution in [2.24, 2.45) is 0 Å². The van der Waals surface area contributed by atoms with Gasteiger partial charge in [-0.2, -0.15) is 5.26 Å². The number of halogens is 2. The molecule has 2 nitrogen and oxygen atoms in total. The smallest absolute Gasteiger partial charge is 0.101 e. The molecule has 2 aromatic carbocycles. The predicted molar refractivity (Wildman–Crippen MR) is 89.2 cm³/mol. The van der Waals surface area contributed by atoms with Gasteiger partial charge in [-0.1, -0.05) is 41.9 Å². The molecule has 0 aliphatic heterocycles. The van der Waals surface area contributed by atoms with Gasteiger partial charge in [0.05, 0.1) is 11.3 Å². The highest BCUT2D eigenvalue weighted by atomic mass is 35.5. The Kier molecular flexibility index (Phi) is 5.92. The molecule has 0 aliphatic rings. The van der Waals surface area contributed by atoms with E-state index in [1.807, 2.05) is 18.2 Å². The van der Waals surface area contributed by atoms with Crippen LogP contribution in [0.25, 0.3) is 0 Å². The number of alkyl halides is 1. The third-order valence-electron chi connectivity index (χ3n) is 3.37. The van der Waals surface area contributed by atoms with Crippen LogP contribution in [0.5, 0.6) is 0 Å². The molecule has 0 fully saturated rings. The summed E-state index contributed by atoms with van der Waals surface area (Å²) >= 11 is 11.9. The van der Waals surface area contributed by atoms with Crippen LogP contribution in [0, 0.1) is 11.3 Å². The maximum Gasteiger partial charge on any atom is 0.101 e. The molecule has 0 aromatic heterocycles. The minimum Gasteiger partial charge on any atom is -0.383 e. The number of rotatable bonds is 6. The molecule has 108 valence electrons. The van der Waals surface area contributed by atoms with E-state index in [-0.39, 0.29) is 0 Å². The van der Waals surface area contributed by atoms with Gasteiger partial charge < -0.3 is 5.32 Å². The Balaban J connectivity index is 2.13. The van der Waals surface area contributed by atoms with Crippen molar-refractivity contribution < 1.29 is 0 Å². The second-order valence-electron chi connectivity index (χ2n) is 4.77. The molecule has 0 heterocycles. The van der Waals surface area contributed by atoms with Crippen molar-refractivity contribution in [1.82, 2.24) is 0 Å². The summed E-state index contributed by atoms with van der Waals surface area (Å²) < 4.78 is 0. The van der Waals surface area contributed by atoms with Crippen molar-refractivity contribution in [3.8, 4) is 6.07 Å². The molecule has 0 bridgehead atoms. The molecule has 1 N–H and O–H groups in total. The highest BCUT2D eigenvalue weighted by Gasteiger charge is 2.12. The van der Waals surface area contributed by atoms with Gasteiger partial charge in [0.25, 0.3) is 0 Å². The third-order valence-corrected chi connectivity index (χ3v) is 3.82. The maximum atomic E-state index is 9.14. The van der Waals surface area contributed by atoms with Gasteiger partial charge >= 0.3 is 0 Å². The number of nitrogens with zero attached hydrogens (tertiary/aromatic N) is 1. The summed E-state index contributed by atoms with van der Waals surface area (Å²) in [5, 5.41) is 13.1. The van der Waals surface area contributed by atoms with Crippen molar-refractivity contribution >= 4 is 28.9 Å². The molecule has 0 aliphatic carbocycles. The minimum absolute atomic E-state index is 0.300. The van der Waals surface area contributed by atoms with Gasteiger partial charge in [0, 0.05) is 23.4 Å². The third kappa shape index (κ3) is 4.39. The Labute approximate surface area is 135 Å².